The first-order chi connectivity index (χ1) is 33.5. The summed E-state index contributed by atoms with van der Waals surface area (Å²) in [6, 6.07) is 0. The summed E-state index contributed by atoms with van der Waals surface area (Å²) in [5.74, 6) is -0.820. The topological polar surface area (TPSA) is 111 Å². The Bertz CT molecular complexity index is 1260. The highest BCUT2D eigenvalue weighted by Gasteiger charge is 2.22. The Hall–Kier alpha value is -1.77. The lowest BCUT2D eigenvalue weighted by molar-refractivity contribution is -0.870. The predicted molar refractivity (Wildman–Crippen MR) is 291 cm³/mol. The Kier molecular flexibility index (Phi) is 49.8. The Morgan fingerprint density at radius 3 is 1.16 bits per heavy atom. The van der Waals surface area contributed by atoms with Crippen LogP contribution in [-0.4, -0.2) is 70.0 Å². The van der Waals surface area contributed by atoms with Crippen LogP contribution in [0.5, 0.6) is 0 Å². The minimum Gasteiger partial charge on any atom is -0.756 e. The number of phosphoric acid groups is 1. The number of likely N-dealkylation sites (N-methyl/N-ethyl adjacent to an activating group) is 1. The molecule has 0 N–H and O–H groups in total. The zero-order chi connectivity index (χ0) is 50.6. The van der Waals surface area contributed by atoms with Crippen LogP contribution in [0.1, 0.15) is 277 Å². The Balaban J connectivity index is 4.05. The second-order valence-corrected chi connectivity index (χ2v) is 22.4. The van der Waals surface area contributed by atoms with Crippen molar-refractivity contribution >= 4 is 19.8 Å². The van der Waals surface area contributed by atoms with Gasteiger partial charge < -0.3 is 27.9 Å². The number of quaternary nitrogens is 1. The van der Waals surface area contributed by atoms with E-state index in [-0.39, 0.29) is 32.0 Å². The van der Waals surface area contributed by atoms with Crippen LogP contribution in [0.2, 0.25) is 0 Å². The Morgan fingerprint density at radius 2 is 0.783 bits per heavy atom. The third-order valence-electron chi connectivity index (χ3n) is 12.9. The van der Waals surface area contributed by atoms with E-state index in [9.17, 15) is 19.0 Å². The number of allylic oxidation sites excluding steroid dienone is 6. The number of hydrogen-bond donors (Lipinski definition) is 0. The van der Waals surface area contributed by atoms with Gasteiger partial charge in [0.1, 0.15) is 19.8 Å². The molecule has 10 heteroatoms. The summed E-state index contributed by atoms with van der Waals surface area (Å²) >= 11 is 0. The number of hydrogen-bond acceptors (Lipinski definition) is 8. The van der Waals surface area contributed by atoms with Gasteiger partial charge in [0, 0.05) is 12.8 Å². The number of carbonyl (C=O) groups is 2. The molecule has 0 amide bonds. The maximum absolute atomic E-state index is 12.8. The van der Waals surface area contributed by atoms with Crippen LogP contribution >= 0.6 is 7.82 Å². The van der Waals surface area contributed by atoms with Crippen LogP contribution in [0.4, 0.5) is 0 Å². The fraction of sp³-hybridized carbons (Fsp3) is 0.864. The minimum absolute atomic E-state index is 0.0285. The lowest BCUT2D eigenvalue weighted by Gasteiger charge is -2.28. The molecular formula is C59H112NO8P. The van der Waals surface area contributed by atoms with Gasteiger partial charge in [-0.15, -0.1) is 0 Å². The van der Waals surface area contributed by atoms with Gasteiger partial charge in [-0.3, -0.25) is 14.2 Å². The molecule has 9 nitrogen and oxygen atoms in total. The minimum atomic E-state index is -4.63. The van der Waals surface area contributed by atoms with Gasteiger partial charge in [-0.2, -0.15) is 0 Å². The fourth-order valence-electron chi connectivity index (χ4n) is 8.37. The standard InChI is InChI=1S/C59H112NO8P/c1-6-8-10-12-14-16-18-20-22-23-24-25-26-27-28-29-30-31-32-33-34-35-36-37-38-40-42-44-46-48-50-52-59(62)68-57(56-67-69(63,64)66-54-53-60(3,4)5)55-65-58(61)51-49-47-45-43-41-39-21-19-17-15-13-11-9-7-2/h18,20,23-24,26-27,57H,6-17,19,21-22,25,28-56H2,1-5H3/b20-18-,24-23-,27-26-. The maximum Gasteiger partial charge on any atom is 0.306 e. The van der Waals surface area contributed by atoms with Crippen LogP contribution in [0.3, 0.4) is 0 Å². The molecule has 406 valence electrons. The van der Waals surface area contributed by atoms with Crippen molar-refractivity contribution in [2.45, 2.75) is 283 Å². The molecule has 0 radical (unpaired) electrons. The smallest absolute Gasteiger partial charge is 0.306 e. The number of esters is 2. The lowest BCUT2D eigenvalue weighted by atomic mass is 10.0. The summed E-state index contributed by atoms with van der Waals surface area (Å²) in [6.45, 7) is 4.26. The summed E-state index contributed by atoms with van der Waals surface area (Å²) in [4.78, 5) is 37.8. The third kappa shape index (κ3) is 55.4. The van der Waals surface area contributed by atoms with Gasteiger partial charge in [0.2, 0.25) is 0 Å². The Labute approximate surface area is 427 Å². The summed E-state index contributed by atoms with van der Waals surface area (Å²) in [6.07, 6.45) is 61.9. The first-order valence-corrected chi connectivity index (χ1v) is 30.7. The van der Waals surface area contributed by atoms with Crippen LogP contribution < -0.4 is 4.89 Å². The highest BCUT2D eigenvalue weighted by Crippen LogP contribution is 2.38. The van der Waals surface area contributed by atoms with Crippen molar-refractivity contribution in [1.29, 1.82) is 0 Å². The van der Waals surface area contributed by atoms with Gasteiger partial charge in [0.05, 0.1) is 27.7 Å². The molecule has 0 heterocycles. The fourth-order valence-corrected chi connectivity index (χ4v) is 9.10. The molecule has 0 rings (SSSR count). The Morgan fingerprint density at radius 1 is 0.449 bits per heavy atom. The van der Waals surface area contributed by atoms with E-state index >= 15 is 0 Å². The van der Waals surface area contributed by atoms with Crippen molar-refractivity contribution in [3.05, 3.63) is 36.5 Å². The SMILES string of the molecule is CCCCCCC/C=C\C/C=C\C/C=C\CCCCCCCCCCCCCCCCCCC(=O)OC(COC(=O)CCCCCCCCCCCCCCCC)COP(=O)([O-])OCC[N+](C)(C)C. The van der Waals surface area contributed by atoms with E-state index in [0.29, 0.717) is 17.4 Å². The molecule has 0 aromatic rings. The molecule has 0 saturated heterocycles. The summed E-state index contributed by atoms with van der Waals surface area (Å²) in [5.41, 5.74) is 0. The number of ether oxygens (including phenoxy) is 2. The molecule has 0 saturated carbocycles. The molecule has 0 aromatic carbocycles. The van der Waals surface area contributed by atoms with E-state index in [0.717, 1.165) is 51.4 Å². The molecule has 69 heavy (non-hydrogen) atoms. The van der Waals surface area contributed by atoms with E-state index < -0.39 is 26.5 Å². The lowest BCUT2D eigenvalue weighted by Crippen LogP contribution is -2.37. The van der Waals surface area contributed by atoms with Crippen molar-refractivity contribution in [1.82, 2.24) is 0 Å². The molecule has 0 aromatic heterocycles. The van der Waals surface area contributed by atoms with Gasteiger partial charge in [0.25, 0.3) is 7.82 Å². The van der Waals surface area contributed by atoms with Crippen LogP contribution in [0.15, 0.2) is 36.5 Å². The molecule has 0 spiro atoms. The van der Waals surface area contributed by atoms with E-state index in [1.807, 2.05) is 21.1 Å². The highest BCUT2D eigenvalue weighted by atomic mass is 31.2. The first-order valence-electron chi connectivity index (χ1n) is 29.2. The van der Waals surface area contributed by atoms with Crippen molar-refractivity contribution < 1.29 is 42.1 Å². The quantitative estimate of drug-likeness (QED) is 0.0195. The molecule has 2 atom stereocenters. The molecule has 0 fully saturated rings. The third-order valence-corrected chi connectivity index (χ3v) is 13.9. The molecule has 0 bridgehead atoms. The second kappa shape index (κ2) is 51.1. The molecular weight excluding hydrogens is 882 g/mol. The number of unbranched alkanes of at least 4 members (excludes halogenated alkanes) is 34. The summed E-state index contributed by atoms with van der Waals surface area (Å²) < 4.78 is 34.1. The van der Waals surface area contributed by atoms with Crippen molar-refractivity contribution in [2.24, 2.45) is 0 Å². The van der Waals surface area contributed by atoms with Gasteiger partial charge in [-0.05, 0) is 51.4 Å². The largest absolute Gasteiger partial charge is 0.756 e. The van der Waals surface area contributed by atoms with Crippen molar-refractivity contribution in [3.63, 3.8) is 0 Å². The van der Waals surface area contributed by atoms with E-state index in [1.54, 1.807) is 0 Å². The van der Waals surface area contributed by atoms with Gasteiger partial charge in [-0.1, -0.05) is 249 Å². The number of rotatable bonds is 54. The number of carbonyl (C=O) groups excluding carboxylic acids is 2. The highest BCUT2D eigenvalue weighted by molar-refractivity contribution is 7.45. The van der Waals surface area contributed by atoms with Crippen molar-refractivity contribution in [3.8, 4) is 0 Å². The van der Waals surface area contributed by atoms with Gasteiger partial charge in [0.15, 0.2) is 6.10 Å². The first kappa shape index (κ1) is 67.2. The van der Waals surface area contributed by atoms with Crippen LogP contribution in [0.25, 0.3) is 0 Å². The number of phosphoric ester groups is 1. The van der Waals surface area contributed by atoms with Gasteiger partial charge >= 0.3 is 11.9 Å². The molecule has 0 aliphatic carbocycles. The summed E-state index contributed by atoms with van der Waals surface area (Å²) in [7, 11) is 1.18. The van der Waals surface area contributed by atoms with E-state index in [4.69, 9.17) is 18.5 Å². The van der Waals surface area contributed by atoms with Crippen LogP contribution in [-0.2, 0) is 32.7 Å². The molecule has 2 unspecified atom stereocenters. The average Bonchev–Trinajstić information content (AvgIpc) is 3.31. The second-order valence-electron chi connectivity index (χ2n) is 21.0. The van der Waals surface area contributed by atoms with Gasteiger partial charge in [-0.25, -0.2) is 0 Å². The van der Waals surface area contributed by atoms with Crippen LogP contribution in [0, 0.1) is 0 Å². The zero-order valence-corrected chi connectivity index (χ0v) is 46.9. The average molecular weight is 995 g/mol. The maximum atomic E-state index is 12.8. The predicted octanol–water partition coefficient (Wildman–Crippen LogP) is 17.4. The summed E-state index contributed by atoms with van der Waals surface area (Å²) in [5, 5.41) is 0. The van der Waals surface area contributed by atoms with Crippen molar-refractivity contribution in [2.75, 3.05) is 47.5 Å². The van der Waals surface area contributed by atoms with E-state index in [1.165, 1.54) is 193 Å². The van der Waals surface area contributed by atoms with E-state index in [2.05, 4.69) is 50.3 Å². The molecule has 0 aliphatic rings. The molecule has 0 aliphatic heterocycles. The monoisotopic (exact) mass is 994 g/mol. The normalized spacial score (nSPS) is 13.5. The number of nitrogens with zero attached hydrogens (tertiary/aromatic N) is 1. The zero-order valence-electron chi connectivity index (χ0n) is 46.0.